The molecule has 1 unspecified atom stereocenters. The van der Waals surface area contributed by atoms with Gasteiger partial charge in [0.1, 0.15) is 17.5 Å². The molecule has 7 heteroatoms. The molecule has 1 aromatic carbocycles. The lowest BCUT2D eigenvalue weighted by Crippen LogP contribution is -2.34. The highest BCUT2D eigenvalue weighted by Gasteiger charge is 2.23. The Morgan fingerprint density at radius 2 is 1.95 bits per heavy atom. The van der Waals surface area contributed by atoms with E-state index in [1.807, 2.05) is 5.48 Å². The molecule has 21 heavy (non-hydrogen) atoms. The lowest BCUT2D eigenvalue weighted by Gasteiger charge is -2.21. The summed E-state index contributed by atoms with van der Waals surface area (Å²) in [6.07, 6.45) is -2.54. The van der Waals surface area contributed by atoms with Gasteiger partial charge in [0, 0.05) is 5.56 Å². The van der Waals surface area contributed by atoms with E-state index in [1.54, 1.807) is 26.8 Å². The highest BCUT2D eigenvalue weighted by molar-refractivity contribution is 5.68. The van der Waals surface area contributed by atoms with E-state index < -0.39 is 36.0 Å². The molecule has 1 rings (SSSR count). The number of hydroxylamine groups is 1. The van der Waals surface area contributed by atoms with E-state index in [0.29, 0.717) is 0 Å². The van der Waals surface area contributed by atoms with Crippen LogP contribution in [0.5, 0.6) is 0 Å². The van der Waals surface area contributed by atoms with Gasteiger partial charge in [-0.2, -0.15) is 5.48 Å². The van der Waals surface area contributed by atoms with Crippen molar-refractivity contribution in [3.8, 4) is 0 Å². The fourth-order valence-electron chi connectivity index (χ4n) is 1.53. The molecule has 0 saturated carbocycles. The average molecular weight is 299 g/mol. The second-order valence-electron chi connectivity index (χ2n) is 5.33. The zero-order chi connectivity index (χ0) is 16.0. The first kappa shape index (κ1) is 16.9. The maximum Gasteiger partial charge on any atom is 0.431 e. The Hall–Kier alpha value is -2.15. The average Bonchev–Trinajstić information content (AvgIpc) is 2.32. The quantitative estimate of drug-likeness (QED) is 0.817. The highest BCUT2D eigenvalue weighted by Crippen LogP contribution is 2.23. The monoisotopic (exact) mass is 299 g/mol. The van der Waals surface area contributed by atoms with E-state index in [2.05, 4.69) is 0 Å². The summed E-state index contributed by atoms with van der Waals surface area (Å²) in [4.78, 5) is 27.3. The van der Waals surface area contributed by atoms with Gasteiger partial charge in [0.25, 0.3) is 0 Å². The maximum absolute atomic E-state index is 13.7. The molecule has 0 aliphatic rings. The van der Waals surface area contributed by atoms with Gasteiger partial charge in [0.2, 0.25) is 0 Å². The molecule has 1 amide bonds. The summed E-state index contributed by atoms with van der Waals surface area (Å²) < 4.78 is 18.6. The minimum absolute atomic E-state index is 0.0379. The van der Waals surface area contributed by atoms with Crippen LogP contribution in [0.3, 0.4) is 0 Å². The number of carbonyl (C=O) groups is 2. The number of hydrogen-bond donors (Lipinski definition) is 2. The molecule has 1 aromatic rings. The summed E-state index contributed by atoms with van der Waals surface area (Å²) in [6, 6.07) is 5.59. The minimum atomic E-state index is -1.19. The normalized spacial score (nSPS) is 12.6. The first-order valence-corrected chi connectivity index (χ1v) is 6.30. The SMILES string of the molecule is CC(C)(C)OC(=O)NOC(CC(=O)O)c1ccccc1F. The van der Waals surface area contributed by atoms with Crippen molar-refractivity contribution < 1.29 is 28.7 Å². The molecule has 0 saturated heterocycles. The number of rotatable bonds is 5. The van der Waals surface area contributed by atoms with Gasteiger partial charge in [0.05, 0.1) is 6.42 Å². The first-order chi connectivity index (χ1) is 9.69. The van der Waals surface area contributed by atoms with Crippen LogP contribution in [0.25, 0.3) is 0 Å². The predicted molar refractivity (Wildman–Crippen MR) is 71.8 cm³/mol. The van der Waals surface area contributed by atoms with Crippen LogP contribution >= 0.6 is 0 Å². The van der Waals surface area contributed by atoms with Crippen molar-refractivity contribution in [3.05, 3.63) is 35.6 Å². The van der Waals surface area contributed by atoms with Crippen molar-refractivity contribution in [3.63, 3.8) is 0 Å². The number of nitrogens with one attached hydrogen (secondary N) is 1. The van der Waals surface area contributed by atoms with Crippen LogP contribution in [0.2, 0.25) is 0 Å². The molecule has 0 heterocycles. The molecule has 0 bridgehead atoms. The summed E-state index contributed by atoms with van der Waals surface area (Å²) in [7, 11) is 0. The van der Waals surface area contributed by atoms with Gasteiger partial charge in [-0.15, -0.1) is 0 Å². The number of carboxylic acid groups (broad SMARTS) is 1. The van der Waals surface area contributed by atoms with Crippen molar-refractivity contribution in [2.24, 2.45) is 0 Å². The van der Waals surface area contributed by atoms with Gasteiger partial charge in [-0.25, -0.2) is 9.18 Å². The molecular formula is C14H18FNO5. The summed E-state index contributed by atoms with van der Waals surface area (Å²) in [6.45, 7) is 4.99. The van der Waals surface area contributed by atoms with Gasteiger partial charge in [-0.3, -0.25) is 9.63 Å². The van der Waals surface area contributed by atoms with E-state index in [0.717, 1.165) is 0 Å². The van der Waals surface area contributed by atoms with Gasteiger partial charge >= 0.3 is 12.1 Å². The van der Waals surface area contributed by atoms with Crippen LogP contribution in [-0.2, 0) is 14.4 Å². The molecule has 1 atom stereocenters. The van der Waals surface area contributed by atoms with Gasteiger partial charge in [0.15, 0.2) is 0 Å². The second-order valence-corrected chi connectivity index (χ2v) is 5.33. The van der Waals surface area contributed by atoms with Crippen molar-refractivity contribution in [1.29, 1.82) is 0 Å². The van der Waals surface area contributed by atoms with Gasteiger partial charge in [-0.1, -0.05) is 18.2 Å². The van der Waals surface area contributed by atoms with E-state index in [-0.39, 0.29) is 5.56 Å². The van der Waals surface area contributed by atoms with Crippen molar-refractivity contribution >= 4 is 12.1 Å². The van der Waals surface area contributed by atoms with Crippen molar-refractivity contribution in [2.75, 3.05) is 0 Å². The van der Waals surface area contributed by atoms with E-state index in [9.17, 15) is 14.0 Å². The van der Waals surface area contributed by atoms with E-state index in [4.69, 9.17) is 14.7 Å². The minimum Gasteiger partial charge on any atom is -0.481 e. The molecule has 6 nitrogen and oxygen atoms in total. The molecule has 0 radical (unpaired) electrons. The Kier molecular flexibility index (Phi) is 5.66. The molecule has 0 fully saturated rings. The molecule has 2 N–H and O–H groups in total. The molecule has 0 aliphatic heterocycles. The standard InChI is InChI=1S/C14H18FNO5/c1-14(2,3)20-13(19)16-21-11(8-12(17)18)9-6-4-5-7-10(9)15/h4-7,11H,8H2,1-3H3,(H,16,19)(H,17,18). The Bertz CT molecular complexity index is 512. The van der Waals surface area contributed by atoms with Crippen LogP contribution in [-0.4, -0.2) is 22.8 Å². The molecule has 0 aliphatic carbocycles. The number of benzene rings is 1. The van der Waals surface area contributed by atoms with Crippen molar-refractivity contribution in [2.45, 2.75) is 38.9 Å². The number of carbonyl (C=O) groups excluding carboxylic acids is 1. The van der Waals surface area contributed by atoms with Crippen LogP contribution in [0.1, 0.15) is 38.9 Å². The third kappa shape index (κ3) is 6.22. The number of aliphatic carboxylic acids is 1. The Balaban J connectivity index is 2.74. The van der Waals surface area contributed by atoms with Gasteiger partial charge < -0.3 is 9.84 Å². The molecule has 0 spiro atoms. The number of carboxylic acids is 1. The Labute approximate surface area is 121 Å². The van der Waals surface area contributed by atoms with E-state index >= 15 is 0 Å². The number of amides is 1. The smallest absolute Gasteiger partial charge is 0.431 e. The highest BCUT2D eigenvalue weighted by atomic mass is 19.1. The zero-order valence-corrected chi connectivity index (χ0v) is 12.1. The topological polar surface area (TPSA) is 84.9 Å². The largest absolute Gasteiger partial charge is 0.481 e. The number of ether oxygens (including phenoxy) is 1. The molecular weight excluding hydrogens is 281 g/mol. The maximum atomic E-state index is 13.7. The third-order valence-corrected chi connectivity index (χ3v) is 2.30. The van der Waals surface area contributed by atoms with Crippen LogP contribution in [0, 0.1) is 5.82 Å². The summed E-state index contributed by atoms with van der Waals surface area (Å²) >= 11 is 0. The predicted octanol–water partition coefficient (Wildman–Crippen LogP) is 2.80. The lowest BCUT2D eigenvalue weighted by molar-refractivity contribution is -0.142. The zero-order valence-electron chi connectivity index (χ0n) is 12.1. The van der Waals surface area contributed by atoms with Crippen LogP contribution in [0.15, 0.2) is 24.3 Å². The lowest BCUT2D eigenvalue weighted by atomic mass is 10.1. The third-order valence-electron chi connectivity index (χ3n) is 2.30. The fourth-order valence-corrected chi connectivity index (χ4v) is 1.53. The summed E-state index contributed by atoms with van der Waals surface area (Å²) in [5.74, 6) is -1.80. The van der Waals surface area contributed by atoms with Crippen LogP contribution in [0.4, 0.5) is 9.18 Å². The van der Waals surface area contributed by atoms with Gasteiger partial charge in [-0.05, 0) is 26.8 Å². The van der Waals surface area contributed by atoms with Crippen molar-refractivity contribution in [1.82, 2.24) is 5.48 Å². The molecule has 116 valence electrons. The molecule has 0 aromatic heterocycles. The second kappa shape index (κ2) is 7.03. The Morgan fingerprint density at radius 3 is 2.48 bits per heavy atom. The summed E-state index contributed by atoms with van der Waals surface area (Å²) in [5, 5.41) is 8.84. The number of halogens is 1. The Morgan fingerprint density at radius 1 is 1.33 bits per heavy atom. The number of hydrogen-bond acceptors (Lipinski definition) is 4. The first-order valence-electron chi connectivity index (χ1n) is 6.30. The fraction of sp³-hybridized carbons (Fsp3) is 0.429. The van der Waals surface area contributed by atoms with E-state index in [1.165, 1.54) is 18.2 Å². The van der Waals surface area contributed by atoms with Crippen LogP contribution < -0.4 is 5.48 Å². The summed E-state index contributed by atoms with van der Waals surface area (Å²) in [5.41, 5.74) is 1.29.